The van der Waals surface area contributed by atoms with Gasteiger partial charge in [-0.25, -0.2) is 15.8 Å². The molecule has 0 amide bonds. The molecule has 2 heterocycles. The van der Waals surface area contributed by atoms with Crippen LogP contribution in [0, 0.1) is 0 Å². The molecule has 6 nitrogen and oxygen atoms in total. The van der Waals surface area contributed by atoms with E-state index in [1.54, 1.807) is 12.3 Å². The number of hydrogen-bond donors (Lipinski definition) is 2. The second-order valence-electron chi connectivity index (χ2n) is 4.20. The summed E-state index contributed by atoms with van der Waals surface area (Å²) in [5.41, 5.74) is 2.55. The Kier molecular flexibility index (Phi) is 3.33. The summed E-state index contributed by atoms with van der Waals surface area (Å²) < 4.78 is 0. The second kappa shape index (κ2) is 4.73. The summed E-state index contributed by atoms with van der Waals surface area (Å²) in [6, 6.07) is 2.00. The zero-order chi connectivity index (χ0) is 11.5. The number of anilines is 1. The normalized spacial score (nSPS) is 23.3. The lowest BCUT2D eigenvalue weighted by Crippen LogP contribution is -2.45. The maximum atomic E-state index is 5.35. The second-order valence-corrected chi connectivity index (χ2v) is 4.20. The van der Waals surface area contributed by atoms with E-state index in [9.17, 15) is 0 Å². The van der Waals surface area contributed by atoms with Crippen molar-refractivity contribution in [3.05, 3.63) is 18.1 Å². The van der Waals surface area contributed by atoms with Crippen molar-refractivity contribution < 1.29 is 0 Å². The first-order chi connectivity index (χ1) is 7.70. The van der Waals surface area contributed by atoms with Gasteiger partial charge in [0.2, 0.25) is 0 Å². The van der Waals surface area contributed by atoms with Gasteiger partial charge in [0.25, 0.3) is 0 Å². The SMILES string of the molecule is CN1CCN(C)C(c2nccc(NN)n2)C1. The Morgan fingerprint density at radius 1 is 1.44 bits per heavy atom. The van der Waals surface area contributed by atoms with E-state index >= 15 is 0 Å². The highest BCUT2D eigenvalue weighted by molar-refractivity contribution is 5.31. The van der Waals surface area contributed by atoms with Crippen LogP contribution in [-0.2, 0) is 0 Å². The van der Waals surface area contributed by atoms with Gasteiger partial charge in [-0.3, -0.25) is 4.90 Å². The van der Waals surface area contributed by atoms with E-state index in [0.29, 0.717) is 5.82 Å². The van der Waals surface area contributed by atoms with Crippen LogP contribution in [0.2, 0.25) is 0 Å². The average molecular weight is 222 g/mol. The highest BCUT2D eigenvalue weighted by atomic mass is 15.3. The standard InChI is InChI=1S/C10H18N6/c1-15-5-6-16(2)8(7-15)10-12-4-3-9(13-10)14-11/h3-4,8H,5-7,11H2,1-2H3,(H,12,13,14). The molecule has 3 N–H and O–H groups in total. The Balaban J connectivity index is 2.20. The van der Waals surface area contributed by atoms with E-state index < -0.39 is 0 Å². The number of likely N-dealkylation sites (N-methyl/N-ethyl adjacent to an activating group) is 2. The number of nitrogen functional groups attached to an aromatic ring is 1. The molecule has 0 spiro atoms. The molecule has 1 aromatic heterocycles. The van der Waals surface area contributed by atoms with Crippen molar-refractivity contribution in [1.29, 1.82) is 0 Å². The summed E-state index contributed by atoms with van der Waals surface area (Å²) in [6.07, 6.45) is 1.74. The van der Waals surface area contributed by atoms with Gasteiger partial charge in [0, 0.05) is 31.9 Å². The van der Waals surface area contributed by atoms with Crippen molar-refractivity contribution in [2.45, 2.75) is 6.04 Å². The summed E-state index contributed by atoms with van der Waals surface area (Å²) in [4.78, 5) is 13.3. The summed E-state index contributed by atoms with van der Waals surface area (Å²) in [7, 11) is 4.22. The molecular weight excluding hydrogens is 204 g/mol. The number of nitrogens with one attached hydrogen (secondary N) is 1. The third kappa shape index (κ3) is 2.29. The van der Waals surface area contributed by atoms with Gasteiger partial charge in [0.15, 0.2) is 0 Å². The van der Waals surface area contributed by atoms with Crippen LogP contribution < -0.4 is 11.3 Å². The van der Waals surface area contributed by atoms with Crippen LogP contribution in [0.15, 0.2) is 12.3 Å². The Morgan fingerprint density at radius 2 is 2.25 bits per heavy atom. The van der Waals surface area contributed by atoms with Gasteiger partial charge in [0.05, 0.1) is 6.04 Å². The maximum absolute atomic E-state index is 5.35. The lowest BCUT2D eigenvalue weighted by atomic mass is 10.1. The monoisotopic (exact) mass is 222 g/mol. The number of piperazine rings is 1. The zero-order valence-electron chi connectivity index (χ0n) is 9.72. The molecule has 1 fully saturated rings. The summed E-state index contributed by atoms with van der Waals surface area (Å²) in [6.45, 7) is 3.07. The fourth-order valence-corrected chi connectivity index (χ4v) is 1.90. The van der Waals surface area contributed by atoms with Crippen LogP contribution in [0.3, 0.4) is 0 Å². The molecule has 0 aromatic carbocycles. The molecule has 1 aliphatic heterocycles. The molecule has 0 bridgehead atoms. The Hall–Kier alpha value is -1.24. The molecule has 2 rings (SSSR count). The van der Waals surface area contributed by atoms with Crippen molar-refractivity contribution in [3.63, 3.8) is 0 Å². The van der Waals surface area contributed by atoms with Crippen molar-refractivity contribution >= 4 is 5.82 Å². The quantitative estimate of drug-likeness (QED) is 0.528. The van der Waals surface area contributed by atoms with Crippen LogP contribution in [0.5, 0.6) is 0 Å². The van der Waals surface area contributed by atoms with Crippen LogP contribution in [0.25, 0.3) is 0 Å². The van der Waals surface area contributed by atoms with Crippen LogP contribution in [-0.4, -0.2) is 53.5 Å². The molecule has 0 radical (unpaired) electrons. The highest BCUT2D eigenvalue weighted by Gasteiger charge is 2.25. The van der Waals surface area contributed by atoms with Crippen molar-refractivity contribution in [3.8, 4) is 0 Å². The molecule has 1 unspecified atom stereocenters. The zero-order valence-corrected chi connectivity index (χ0v) is 9.72. The predicted molar refractivity (Wildman–Crippen MR) is 62.7 cm³/mol. The topological polar surface area (TPSA) is 70.3 Å². The number of hydrogen-bond acceptors (Lipinski definition) is 6. The lowest BCUT2D eigenvalue weighted by Gasteiger charge is -2.36. The summed E-state index contributed by atoms with van der Waals surface area (Å²) in [5, 5.41) is 0. The summed E-state index contributed by atoms with van der Waals surface area (Å²) >= 11 is 0. The maximum Gasteiger partial charge on any atom is 0.149 e. The number of nitrogens with zero attached hydrogens (tertiary/aromatic N) is 4. The number of aromatic nitrogens is 2. The third-order valence-corrected chi connectivity index (χ3v) is 2.97. The van der Waals surface area contributed by atoms with Gasteiger partial charge >= 0.3 is 0 Å². The third-order valence-electron chi connectivity index (χ3n) is 2.97. The summed E-state index contributed by atoms with van der Waals surface area (Å²) in [5.74, 6) is 6.83. The molecule has 1 aliphatic rings. The predicted octanol–water partition coefficient (Wildman–Crippen LogP) is -0.319. The fraction of sp³-hybridized carbons (Fsp3) is 0.600. The van der Waals surface area contributed by atoms with E-state index in [0.717, 1.165) is 25.5 Å². The largest absolute Gasteiger partial charge is 0.308 e. The minimum atomic E-state index is 0.243. The highest BCUT2D eigenvalue weighted by Crippen LogP contribution is 2.20. The van der Waals surface area contributed by atoms with E-state index in [-0.39, 0.29) is 6.04 Å². The van der Waals surface area contributed by atoms with Gasteiger partial charge in [-0.15, -0.1) is 0 Å². The van der Waals surface area contributed by atoms with E-state index in [4.69, 9.17) is 5.84 Å². The number of nitrogens with two attached hydrogens (primary N) is 1. The minimum Gasteiger partial charge on any atom is -0.308 e. The van der Waals surface area contributed by atoms with Crippen LogP contribution in [0.4, 0.5) is 5.82 Å². The Bertz CT molecular complexity index is 355. The number of hydrazine groups is 1. The lowest BCUT2D eigenvalue weighted by molar-refractivity contribution is 0.109. The first-order valence-electron chi connectivity index (χ1n) is 5.39. The first kappa shape index (κ1) is 11.3. The average Bonchev–Trinajstić information content (AvgIpc) is 2.32. The van der Waals surface area contributed by atoms with E-state index in [2.05, 4.69) is 39.3 Å². The van der Waals surface area contributed by atoms with Gasteiger partial charge < -0.3 is 10.3 Å². The number of rotatable bonds is 2. The van der Waals surface area contributed by atoms with Crippen LogP contribution >= 0.6 is 0 Å². The Labute approximate surface area is 95.4 Å². The molecule has 1 saturated heterocycles. The van der Waals surface area contributed by atoms with Crippen molar-refractivity contribution in [2.75, 3.05) is 39.2 Å². The molecule has 6 heteroatoms. The van der Waals surface area contributed by atoms with Crippen molar-refractivity contribution in [2.24, 2.45) is 5.84 Å². The minimum absolute atomic E-state index is 0.243. The molecule has 1 atom stereocenters. The molecule has 0 saturated carbocycles. The van der Waals surface area contributed by atoms with Gasteiger partial charge in [0.1, 0.15) is 11.6 Å². The molecular formula is C10H18N6. The molecule has 88 valence electrons. The van der Waals surface area contributed by atoms with E-state index in [1.165, 1.54) is 0 Å². The first-order valence-corrected chi connectivity index (χ1v) is 5.39. The van der Waals surface area contributed by atoms with Gasteiger partial charge in [-0.1, -0.05) is 0 Å². The van der Waals surface area contributed by atoms with Gasteiger partial charge in [-0.05, 0) is 14.1 Å². The smallest absolute Gasteiger partial charge is 0.149 e. The molecule has 1 aromatic rings. The molecule has 16 heavy (non-hydrogen) atoms. The molecule has 0 aliphatic carbocycles. The van der Waals surface area contributed by atoms with Crippen LogP contribution in [0.1, 0.15) is 11.9 Å². The fourth-order valence-electron chi connectivity index (χ4n) is 1.90. The van der Waals surface area contributed by atoms with E-state index in [1.807, 2.05) is 0 Å². The van der Waals surface area contributed by atoms with Gasteiger partial charge in [-0.2, -0.15) is 0 Å². The van der Waals surface area contributed by atoms with Crippen molar-refractivity contribution in [1.82, 2.24) is 19.8 Å². The Morgan fingerprint density at radius 3 is 3.00 bits per heavy atom.